The van der Waals surface area contributed by atoms with Crippen molar-refractivity contribution in [1.29, 1.82) is 0 Å². The Labute approximate surface area is 175 Å². The lowest BCUT2D eigenvalue weighted by Gasteiger charge is -2.34. The molecule has 0 atom stereocenters. The van der Waals surface area contributed by atoms with Gasteiger partial charge >= 0.3 is 12.1 Å². The van der Waals surface area contributed by atoms with Gasteiger partial charge in [-0.1, -0.05) is 23.7 Å². The normalized spacial score (nSPS) is 16.3. The van der Waals surface area contributed by atoms with Crippen LogP contribution in [0.15, 0.2) is 36.4 Å². The Morgan fingerprint density at radius 1 is 1.17 bits per heavy atom. The van der Waals surface area contributed by atoms with Crippen LogP contribution in [-0.2, 0) is 21.1 Å². The number of aliphatic carboxylic acids is 1. The van der Waals surface area contributed by atoms with E-state index < -0.39 is 29.8 Å². The molecular weight excluding hydrogens is 428 g/mol. The number of benzene rings is 2. The van der Waals surface area contributed by atoms with Crippen molar-refractivity contribution in [3.63, 3.8) is 0 Å². The first-order valence-corrected chi connectivity index (χ1v) is 9.58. The van der Waals surface area contributed by atoms with Crippen molar-refractivity contribution in [3.8, 4) is 16.9 Å². The highest BCUT2D eigenvalue weighted by molar-refractivity contribution is 6.32. The number of rotatable bonds is 6. The lowest BCUT2D eigenvalue weighted by Crippen LogP contribution is -2.41. The molecule has 1 aliphatic rings. The molecule has 1 fully saturated rings. The molecule has 1 saturated heterocycles. The fourth-order valence-corrected chi connectivity index (χ4v) is 3.83. The number of hydrogen-bond acceptors (Lipinski definition) is 3. The quantitative estimate of drug-likeness (QED) is 0.595. The fraction of sp³-hybridized carbons (Fsp3) is 0.381. The number of hydrogen-bond donors (Lipinski definition) is 1. The number of carboxylic acids is 1. The largest absolute Gasteiger partial charge is 0.489 e. The van der Waals surface area contributed by atoms with Crippen LogP contribution in [0.1, 0.15) is 24.0 Å². The molecule has 162 valence electrons. The second kappa shape index (κ2) is 8.81. The summed E-state index contributed by atoms with van der Waals surface area (Å²) in [7, 11) is 0. The average Bonchev–Trinajstić information content (AvgIpc) is 2.72. The Morgan fingerprint density at radius 3 is 2.33 bits per heavy atom. The zero-order valence-electron chi connectivity index (χ0n) is 15.8. The van der Waals surface area contributed by atoms with Crippen LogP contribution in [0.5, 0.6) is 5.75 Å². The SMILES string of the molecule is O=C(O)C1(c2cc(Cl)c(OCCF)c(-c3ccc(C(F)(F)F)cc3)c2)CCOCC1. The zero-order valence-corrected chi connectivity index (χ0v) is 16.5. The van der Waals surface area contributed by atoms with Gasteiger partial charge in [0.1, 0.15) is 19.0 Å². The number of carbonyl (C=O) groups is 1. The van der Waals surface area contributed by atoms with Crippen LogP contribution in [0.3, 0.4) is 0 Å². The molecule has 0 unspecified atom stereocenters. The highest BCUT2D eigenvalue weighted by Crippen LogP contribution is 2.44. The minimum atomic E-state index is -4.50. The molecule has 1 heterocycles. The highest BCUT2D eigenvalue weighted by Gasteiger charge is 2.42. The molecule has 30 heavy (non-hydrogen) atoms. The molecule has 0 bridgehead atoms. The minimum absolute atomic E-state index is 0.0583. The monoisotopic (exact) mass is 446 g/mol. The van der Waals surface area contributed by atoms with Crippen LogP contribution in [0.4, 0.5) is 17.6 Å². The van der Waals surface area contributed by atoms with Crippen molar-refractivity contribution < 1.29 is 36.9 Å². The Bertz CT molecular complexity index is 906. The molecular formula is C21H19ClF4O4. The van der Waals surface area contributed by atoms with E-state index >= 15 is 0 Å². The van der Waals surface area contributed by atoms with Crippen molar-refractivity contribution >= 4 is 17.6 Å². The standard InChI is InChI=1S/C21H19ClF4O4/c22-17-12-15(20(19(27)28)5-8-29-9-6-20)11-16(18(17)30-10-7-23)13-1-3-14(4-2-13)21(24,25)26/h1-4,11-12H,5-10H2,(H,27,28). The summed E-state index contributed by atoms with van der Waals surface area (Å²) in [4.78, 5) is 12.1. The fourth-order valence-electron chi connectivity index (χ4n) is 3.56. The first-order chi connectivity index (χ1) is 14.2. The second-order valence-electron chi connectivity index (χ2n) is 6.95. The zero-order chi connectivity index (χ0) is 21.9. The van der Waals surface area contributed by atoms with Crippen LogP contribution >= 0.6 is 11.6 Å². The molecule has 4 nitrogen and oxygen atoms in total. The molecule has 0 radical (unpaired) electrons. The number of ether oxygens (including phenoxy) is 2. The van der Waals surface area contributed by atoms with Crippen LogP contribution in [0.2, 0.25) is 5.02 Å². The van der Waals surface area contributed by atoms with E-state index in [0.717, 1.165) is 12.1 Å². The van der Waals surface area contributed by atoms with Crippen LogP contribution in [-0.4, -0.2) is 37.6 Å². The maximum atomic E-state index is 12.9. The maximum absolute atomic E-state index is 12.9. The van der Waals surface area contributed by atoms with Crippen LogP contribution in [0.25, 0.3) is 11.1 Å². The van der Waals surface area contributed by atoms with Crippen LogP contribution in [0, 0.1) is 0 Å². The third-order valence-electron chi connectivity index (χ3n) is 5.20. The average molecular weight is 447 g/mol. The van der Waals surface area contributed by atoms with Crippen LogP contribution < -0.4 is 4.74 Å². The number of halogens is 5. The van der Waals surface area contributed by atoms with E-state index in [9.17, 15) is 27.5 Å². The highest BCUT2D eigenvalue weighted by atomic mass is 35.5. The van der Waals surface area contributed by atoms with E-state index in [1.165, 1.54) is 18.2 Å². The number of alkyl halides is 4. The van der Waals surface area contributed by atoms with Crippen molar-refractivity contribution in [2.75, 3.05) is 26.5 Å². The van der Waals surface area contributed by atoms with Gasteiger partial charge in [0.05, 0.1) is 16.0 Å². The van der Waals surface area contributed by atoms with Crippen molar-refractivity contribution in [2.24, 2.45) is 0 Å². The molecule has 2 aromatic carbocycles. The summed E-state index contributed by atoms with van der Waals surface area (Å²) in [6.07, 6.45) is -4.06. The summed E-state index contributed by atoms with van der Waals surface area (Å²) < 4.78 is 62.1. The van der Waals surface area contributed by atoms with Gasteiger partial charge in [0.15, 0.2) is 0 Å². The molecule has 0 amide bonds. The van der Waals surface area contributed by atoms with E-state index in [-0.39, 0.29) is 43.4 Å². The molecule has 1 N–H and O–H groups in total. The van der Waals surface area contributed by atoms with E-state index in [1.807, 2.05) is 0 Å². The van der Waals surface area contributed by atoms with Gasteiger partial charge in [0.2, 0.25) is 0 Å². The van der Waals surface area contributed by atoms with Crippen molar-refractivity contribution in [2.45, 2.75) is 24.4 Å². The Kier molecular flexibility index (Phi) is 6.57. The number of carboxylic acid groups (broad SMARTS) is 1. The van der Waals surface area contributed by atoms with Gasteiger partial charge in [-0.05, 0) is 48.2 Å². The molecule has 0 saturated carbocycles. The molecule has 9 heteroatoms. The molecule has 0 aromatic heterocycles. The predicted octanol–water partition coefficient (Wildman–Crippen LogP) is 5.51. The first-order valence-electron chi connectivity index (χ1n) is 9.20. The summed E-state index contributed by atoms with van der Waals surface area (Å²) in [5.74, 6) is -0.955. The summed E-state index contributed by atoms with van der Waals surface area (Å²) >= 11 is 6.36. The summed E-state index contributed by atoms with van der Waals surface area (Å²) in [6.45, 7) is -0.592. The molecule has 1 aliphatic heterocycles. The van der Waals surface area contributed by atoms with E-state index in [1.54, 1.807) is 6.07 Å². The van der Waals surface area contributed by atoms with Gasteiger partial charge in [-0.15, -0.1) is 0 Å². The van der Waals surface area contributed by atoms with E-state index in [4.69, 9.17) is 21.1 Å². The Balaban J connectivity index is 2.15. The van der Waals surface area contributed by atoms with Gasteiger partial charge < -0.3 is 14.6 Å². The molecule has 0 spiro atoms. The van der Waals surface area contributed by atoms with E-state index in [0.29, 0.717) is 16.7 Å². The topological polar surface area (TPSA) is 55.8 Å². The lowest BCUT2D eigenvalue weighted by atomic mass is 9.73. The minimum Gasteiger partial charge on any atom is -0.489 e. The summed E-state index contributed by atoms with van der Waals surface area (Å²) in [5, 5.41) is 9.99. The molecule has 3 rings (SSSR count). The van der Waals surface area contributed by atoms with Gasteiger partial charge in [-0.2, -0.15) is 13.2 Å². The third-order valence-corrected chi connectivity index (χ3v) is 5.48. The maximum Gasteiger partial charge on any atom is 0.416 e. The molecule has 2 aromatic rings. The van der Waals surface area contributed by atoms with E-state index in [2.05, 4.69) is 0 Å². The third kappa shape index (κ3) is 4.39. The smallest absolute Gasteiger partial charge is 0.416 e. The van der Waals surface area contributed by atoms with Gasteiger partial charge in [-0.25, -0.2) is 4.39 Å². The van der Waals surface area contributed by atoms with Gasteiger partial charge in [0, 0.05) is 18.8 Å². The second-order valence-corrected chi connectivity index (χ2v) is 7.35. The Hall–Kier alpha value is -2.32. The van der Waals surface area contributed by atoms with Gasteiger partial charge in [-0.3, -0.25) is 4.79 Å². The van der Waals surface area contributed by atoms with Gasteiger partial charge in [0.25, 0.3) is 0 Å². The summed E-state index contributed by atoms with van der Waals surface area (Å²) in [6, 6.07) is 7.33. The summed E-state index contributed by atoms with van der Waals surface area (Å²) in [5.41, 5.74) is -1.04. The van der Waals surface area contributed by atoms with Crippen molar-refractivity contribution in [1.82, 2.24) is 0 Å². The first kappa shape index (κ1) is 22.4. The Morgan fingerprint density at radius 2 is 1.80 bits per heavy atom. The van der Waals surface area contributed by atoms with Crippen molar-refractivity contribution in [3.05, 3.63) is 52.5 Å². The molecule has 0 aliphatic carbocycles. The lowest BCUT2D eigenvalue weighted by molar-refractivity contribution is -0.147. The predicted molar refractivity (Wildman–Crippen MR) is 103 cm³/mol.